The van der Waals surface area contributed by atoms with Crippen LogP contribution in [0.2, 0.25) is 0 Å². The van der Waals surface area contributed by atoms with Crippen molar-refractivity contribution in [2.75, 3.05) is 13.6 Å². The molecule has 1 aliphatic rings. The van der Waals surface area contributed by atoms with Crippen LogP contribution in [0, 0.1) is 11.8 Å². The van der Waals surface area contributed by atoms with Crippen LogP contribution in [0.3, 0.4) is 0 Å². The lowest BCUT2D eigenvalue weighted by Crippen LogP contribution is -2.28. The van der Waals surface area contributed by atoms with E-state index in [1.54, 1.807) is 17.0 Å². The highest BCUT2D eigenvalue weighted by Crippen LogP contribution is 2.38. The van der Waals surface area contributed by atoms with E-state index >= 15 is 0 Å². The standard InChI is InChI=1S/C12H18N2O2/c1-8-5-9(8)7-14(2)12(15)11-4-3-10(6-13)16-11/h3-4,8-9H,5-7,13H2,1-2H3. The third kappa shape index (κ3) is 2.27. The number of rotatable bonds is 4. The average Bonchev–Trinajstić information content (AvgIpc) is 2.82. The molecule has 2 unspecified atom stereocenters. The first-order chi connectivity index (χ1) is 7.61. The van der Waals surface area contributed by atoms with Gasteiger partial charge in [0, 0.05) is 13.6 Å². The van der Waals surface area contributed by atoms with Gasteiger partial charge in [0.2, 0.25) is 0 Å². The molecule has 1 saturated carbocycles. The zero-order valence-corrected chi connectivity index (χ0v) is 9.77. The summed E-state index contributed by atoms with van der Waals surface area (Å²) in [7, 11) is 1.82. The molecule has 1 heterocycles. The van der Waals surface area contributed by atoms with Gasteiger partial charge in [-0.3, -0.25) is 4.79 Å². The monoisotopic (exact) mass is 222 g/mol. The van der Waals surface area contributed by atoms with Gasteiger partial charge in [-0.15, -0.1) is 0 Å². The van der Waals surface area contributed by atoms with Crippen molar-refractivity contribution < 1.29 is 9.21 Å². The fourth-order valence-electron chi connectivity index (χ4n) is 1.88. The SMILES string of the molecule is CC1CC1CN(C)C(=O)c1ccc(CN)o1. The number of amides is 1. The van der Waals surface area contributed by atoms with Gasteiger partial charge >= 0.3 is 0 Å². The van der Waals surface area contributed by atoms with E-state index in [1.807, 2.05) is 7.05 Å². The third-order valence-corrected chi connectivity index (χ3v) is 3.20. The van der Waals surface area contributed by atoms with Crippen LogP contribution in [-0.2, 0) is 6.54 Å². The summed E-state index contributed by atoms with van der Waals surface area (Å²) in [5, 5.41) is 0. The van der Waals surface area contributed by atoms with Gasteiger partial charge in [0.15, 0.2) is 5.76 Å². The highest BCUT2D eigenvalue weighted by Gasteiger charge is 2.34. The Hall–Kier alpha value is -1.29. The number of nitrogens with zero attached hydrogens (tertiary/aromatic N) is 1. The number of hydrogen-bond donors (Lipinski definition) is 1. The van der Waals surface area contributed by atoms with Crippen molar-refractivity contribution >= 4 is 5.91 Å². The third-order valence-electron chi connectivity index (χ3n) is 3.20. The molecule has 1 aliphatic carbocycles. The highest BCUT2D eigenvalue weighted by molar-refractivity contribution is 5.91. The zero-order chi connectivity index (χ0) is 11.7. The Morgan fingerprint density at radius 3 is 2.81 bits per heavy atom. The van der Waals surface area contributed by atoms with Gasteiger partial charge < -0.3 is 15.1 Å². The smallest absolute Gasteiger partial charge is 0.289 e. The second-order valence-electron chi connectivity index (χ2n) is 4.63. The molecule has 0 saturated heterocycles. The molecule has 1 fully saturated rings. The van der Waals surface area contributed by atoms with E-state index in [4.69, 9.17) is 10.2 Å². The first-order valence-electron chi connectivity index (χ1n) is 5.66. The second kappa shape index (κ2) is 4.29. The molecule has 0 aliphatic heterocycles. The van der Waals surface area contributed by atoms with E-state index in [-0.39, 0.29) is 5.91 Å². The molecule has 16 heavy (non-hydrogen) atoms. The van der Waals surface area contributed by atoms with Gasteiger partial charge in [-0.1, -0.05) is 6.92 Å². The Morgan fingerprint density at radius 2 is 2.31 bits per heavy atom. The molecule has 2 rings (SSSR count). The number of nitrogens with two attached hydrogens (primary N) is 1. The summed E-state index contributed by atoms with van der Waals surface area (Å²) in [5.74, 6) is 2.40. The van der Waals surface area contributed by atoms with Crippen LogP contribution >= 0.6 is 0 Å². The van der Waals surface area contributed by atoms with E-state index < -0.39 is 0 Å². The van der Waals surface area contributed by atoms with E-state index in [1.165, 1.54) is 6.42 Å². The van der Waals surface area contributed by atoms with Crippen LogP contribution < -0.4 is 5.73 Å². The molecular formula is C12H18N2O2. The predicted octanol–water partition coefficient (Wildman–Crippen LogP) is 1.47. The normalized spacial score (nSPS) is 23.2. The lowest BCUT2D eigenvalue weighted by Gasteiger charge is -2.15. The summed E-state index contributed by atoms with van der Waals surface area (Å²) in [6, 6.07) is 3.44. The van der Waals surface area contributed by atoms with Crippen LogP contribution in [0.5, 0.6) is 0 Å². The van der Waals surface area contributed by atoms with Gasteiger partial charge in [-0.05, 0) is 30.4 Å². The van der Waals surface area contributed by atoms with Crippen LogP contribution in [-0.4, -0.2) is 24.4 Å². The van der Waals surface area contributed by atoms with Crippen molar-refractivity contribution in [3.63, 3.8) is 0 Å². The number of carbonyl (C=O) groups is 1. The summed E-state index contributed by atoms with van der Waals surface area (Å²) in [6.07, 6.45) is 1.23. The maximum atomic E-state index is 11.9. The van der Waals surface area contributed by atoms with E-state index in [9.17, 15) is 4.79 Å². The molecule has 1 aromatic rings. The first-order valence-corrected chi connectivity index (χ1v) is 5.66. The summed E-state index contributed by atoms with van der Waals surface area (Å²) in [4.78, 5) is 13.7. The van der Waals surface area contributed by atoms with Gasteiger partial charge in [0.05, 0.1) is 6.54 Å². The Balaban J connectivity index is 1.95. The lowest BCUT2D eigenvalue weighted by atomic mass is 10.3. The molecule has 2 N–H and O–H groups in total. The minimum Gasteiger partial charge on any atom is -0.455 e. The molecule has 0 radical (unpaired) electrons. The van der Waals surface area contributed by atoms with Crippen LogP contribution in [0.1, 0.15) is 29.7 Å². The minimum absolute atomic E-state index is 0.0567. The quantitative estimate of drug-likeness (QED) is 0.839. The van der Waals surface area contributed by atoms with Crippen molar-refractivity contribution in [2.45, 2.75) is 19.9 Å². The Morgan fingerprint density at radius 1 is 1.62 bits per heavy atom. The van der Waals surface area contributed by atoms with Crippen molar-refractivity contribution in [1.82, 2.24) is 4.90 Å². The average molecular weight is 222 g/mol. The van der Waals surface area contributed by atoms with Crippen molar-refractivity contribution in [1.29, 1.82) is 0 Å². The molecule has 4 nitrogen and oxygen atoms in total. The van der Waals surface area contributed by atoms with Crippen molar-refractivity contribution in [3.8, 4) is 0 Å². The largest absolute Gasteiger partial charge is 0.455 e. The Bertz CT molecular complexity index is 386. The molecule has 0 aromatic carbocycles. The molecule has 1 amide bonds. The van der Waals surface area contributed by atoms with Gasteiger partial charge in [0.25, 0.3) is 5.91 Å². The predicted molar refractivity (Wildman–Crippen MR) is 60.8 cm³/mol. The molecule has 2 atom stereocenters. The molecule has 0 spiro atoms. The summed E-state index contributed by atoms with van der Waals surface area (Å²) < 4.78 is 5.33. The molecular weight excluding hydrogens is 204 g/mol. The first kappa shape index (κ1) is 11.2. The van der Waals surface area contributed by atoms with Gasteiger partial charge in [-0.25, -0.2) is 0 Å². The molecule has 1 aromatic heterocycles. The van der Waals surface area contributed by atoms with E-state index in [0.717, 1.165) is 12.5 Å². The maximum Gasteiger partial charge on any atom is 0.289 e. The summed E-state index contributed by atoms with van der Waals surface area (Å²) >= 11 is 0. The number of furan rings is 1. The van der Waals surface area contributed by atoms with Crippen LogP contribution in [0.25, 0.3) is 0 Å². The van der Waals surface area contributed by atoms with Gasteiger partial charge in [0.1, 0.15) is 5.76 Å². The lowest BCUT2D eigenvalue weighted by molar-refractivity contribution is 0.0753. The molecule has 88 valence electrons. The van der Waals surface area contributed by atoms with Crippen LogP contribution in [0.4, 0.5) is 0 Å². The fourth-order valence-corrected chi connectivity index (χ4v) is 1.88. The minimum atomic E-state index is -0.0567. The summed E-state index contributed by atoms with van der Waals surface area (Å²) in [6.45, 7) is 3.36. The van der Waals surface area contributed by atoms with Crippen LogP contribution in [0.15, 0.2) is 16.5 Å². The van der Waals surface area contributed by atoms with Crippen molar-refractivity contribution in [3.05, 3.63) is 23.7 Å². The van der Waals surface area contributed by atoms with Gasteiger partial charge in [-0.2, -0.15) is 0 Å². The number of carbonyl (C=O) groups excluding carboxylic acids is 1. The molecule has 0 bridgehead atoms. The number of hydrogen-bond acceptors (Lipinski definition) is 3. The highest BCUT2D eigenvalue weighted by atomic mass is 16.4. The Labute approximate surface area is 95.4 Å². The zero-order valence-electron chi connectivity index (χ0n) is 9.77. The van der Waals surface area contributed by atoms with E-state index in [2.05, 4.69) is 6.92 Å². The van der Waals surface area contributed by atoms with Crippen molar-refractivity contribution in [2.24, 2.45) is 17.6 Å². The maximum absolute atomic E-state index is 11.9. The fraction of sp³-hybridized carbons (Fsp3) is 0.583. The second-order valence-corrected chi connectivity index (χ2v) is 4.63. The van der Waals surface area contributed by atoms with E-state index in [0.29, 0.717) is 24.0 Å². The summed E-state index contributed by atoms with van der Waals surface area (Å²) in [5.41, 5.74) is 5.43. The Kier molecular flexibility index (Phi) is 3.01. The molecule has 4 heteroatoms. The topological polar surface area (TPSA) is 59.5 Å².